The molecule has 308 valence electrons. The third-order valence-corrected chi connectivity index (χ3v) is 12.5. The minimum absolute atomic E-state index is 0.114. The molecule has 0 amide bonds. The molecular weight excluding hydrogens is 737 g/mol. The maximum Gasteiger partial charge on any atom is 0.324 e. The predicted octanol–water partition coefficient (Wildman–Crippen LogP) is 9.53. The summed E-state index contributed by atoms with van der Waals surface area (Å²) in [6.07, 6.45) is 14.8. The number of unbranched alkanes of at least 4 members (excludes halogenated alkanes) is 3. The van der Waals surface area contributed by atoms with Crippen LogP contribution >= 0.6 is 0 Å². The standard InChI is InChI=1S/C47H62N2O7S/c1-10-13-14-25-48-39-21-17-33(4)28-37(39)45(6,7)41(48)23-19-35-30-36(32-47(31-35,43(50)55-11-2)44(51)56-12-3)20-24-42-46(8,9)38-29-34(5)18-22-40(38)49(42)26-15-16-27-57(52,53)54/h17-24,28-30H,10-16,25-27,31-32H2,1-9H3/p+1. The first-order valence-corrected chi connectivity index (χ1v) is 22.2. The molecule has 9 nitrogen and oxygen atoms in total. The summed E-state index contributed by atoms with van der Waals surface area (Å²) in [5, 5.41) is 0. The van der Waals surface area contributed by atoms with Crippen LogP contribution < -0.4 is 4.90 Å². The molecule has 0 atom stereocenters. The van der Waals surface area contributed by atoms with Crippen LogP contribution in [0.2, 0.25) is 0 Å². The molecule has 1 aliphatic carbocycles. The van der Waals surface area contributed by atoms with Crippen molar-refractivity contribution in [2.75, 3.05) is 37.0 Å². The van der Waals surface area contributed by atoms with Crippen LogP contribution in [-0.2, 0) is 40.0 Å². The van der Waals surface area contributed by atoms with Crippen molar-refractivity contribution in [1.29, 1.82) is 0 Å². The van der Waals surface area contributed by atoms with E-state index >= 15 is 0 Å². The van der Waals surface area contributed by atoms with Gasteiger partial charge in [0.15, 0.2) is 11.1 Å². The molecule has 0 aromatic heterocycles. The van der Waals surface area contributed by atoms with E-state index in [0.717, 1.165) is 59.5 Å². The van der Waals surface area contributed by atoms with Gasteiger partial charge < -0.3 is 14.4 Å². The number of rotatable bonds is 16. The zero-order chi connectivity index (χ0) is 41.8. The Hall–Kier alpha value is -4.28. The van der Waals surface area contributed by atoms with Gasteiger partial charge in [-0.2, -0.15) is 13.0 Å². The van der Waals surface area contributed by atoms with E-state index in [2.05, 4.69) is 119 Å². The average molecular weight is 800 g/mol. The number of ether oxygens (including phenoxy) is 2. The van der Waals surface area contributed by atoms with Gasteiger partial charge in [0.2, 0.25) is 5.69 Å². The number of hydrogen-bond donors (Lipinski definition) is 1. The molecule has 2 aromatic rings. The zero-order valence-corrected chi connectivity index (χ0v) is 36.4. The Balaban J connectivity index is 1.63. The van der Waals surface area contributed by atoms with E-state index < -0.39 is 32.9 Å². The number of allylic oxidation sites excluding steroid dienone is 8. The van der Waals surface area contributed by atoms with Crippen LogP contribution in [0.3, 0.4) is 0 Å². The smallest absolute Gasteiger partial charge is 0.324 e. The number of aryl methyl sites for hydroxylation is 2. The number of nitrogens with zero attached hydrogens (tertiary/aromatic N) is 2. The summed E-state index contributed by atoms with van der Waals surface area (Å²) >= 11 is 0. The highest BCUT2D eigenvalue weighted by Crippen LogP contribution is 2.49. The zero-order valence-electron chi connectivity index (χ0n) is 35.5. The minimum Gasteiger partial charge on any atom is -0.465 e. The van der Waals surface area contributed by atoms with Crippen LogP contribution in [0.5, 0.6) is 0 Å². The first kappa shape index (κ1) is 43.8. The highest BCUT2D eigenvalue weighted by molar-refractivity contribution is 7.85. The van der Waals surface area contributed by atoms with Gasteiger partial charge in [-0.1, -0.05) is 74.7 Å². The second-order valence-corrected chi connectivity index (χ2v) is 18.5. The number of esters is 2. The topological polar surface area (TPSA) is 113 Å². The van der Waals surface area contributed by atoms with E-state index in [-0.39, 0.29) is 37.2 Å². The van der Waals surface area contributed by atoms with E-state index in [0.29, 0.717) is 19.4 Å². The number of hydrogen-bond acceptors (Lipinski definition) is 7. The predicted molar refractivity (Wildman–Crippen MR) is 229 cm³/mol. The van der Waals surface area contributed by atoms with Crippen molar-refractivity contribution in [2.45, 2.75) is 118 Å². The summed E-state index contributed by atoms with van der Waals surface area (Å²) in [5.41, 5.74) is 8.62. The molecule has 2 aromatic carbocycles. The average Bonchev–Trinajstić information content (AvgIpc) is 3.48. The van der Waals surface area contributed by atoms with Crippen LogP contribution in [0, 0.1) is 19.3 Å². The monoisotopic (exact) mass is 799 g/mol. The number of carbonyl (C=O) groups is 2. The van der Waals surface area contributed by atoms with Crippen molar-refractivity contribution in [2.24, 2.45) is 5.41 Å². The largest absolute Gasteiger partial charge is 0.465 e. The number of benzene rings is 2. The fourth-order valence-corrected chi connectivity index (χ4v) is 9.30. The van der Waals surface area contributed by atoms with Crippen LogP contribution in [0.4, 0.5) is 11.4 Å². The Labute approximate surface area is 341 Å². The van der Waals surface area contributed by atoms with E-state index in [9.17, 15) is 22.6 Å². The molecule has 0 spiro atoms. The van der Waals surface area contributed by atoms with Gasteiger partial charge in [-0.05, 0) is 109 Å². The quantitative estimate of drug-likeness (QED) is 0.0588. The molecule has 5 rings (SSSR count). The molecule has 2 aliphatic heterocycles. The van der Waals surface area contributed by atoms with Crippen molar-refractivity contribution in [3.05, 3.63) is 106 Å². The molecular formula is C47H63N2O7S+. The lowest BCUT2D eigenvalue weighted by atomic mass is 9.71. The van der Waals surface area contributed by atoms with Gasteiger partial charge >= 0.3 is 11.9 Å². The first-order chi connectivity index (χ1) is 26.9. The first-order valence-electron chi connectivity index (χ1n) is 20.6. The van der Waals surface area contributed by atoms with Crippen molar-refractivity contribution >= 4 is 39.1 Å². The third-order valence-electron chi connectivity index (χ3n) is 11.7. The molecule has 0 bridgehead atoms. The normalized spacial score (nSPS) is 19.6. The lowest BCUT2D eigenvalue weighted by Crippen LogP contribution is -2.44. The van der Waals surface area contributed by atoms with Crippen LogP contribution in [-0.4, -0.2) is 67.3 Å². The van der Waals surface area contributed by atoms with Gasteiger partial charge in [0.1, 0.15) is 6.54 Å². The number of fused-ring (bicyclic) bond motifs is 2. The molecule has 3 aliphatic rings. The highest BCUT2D eigenvalue weighted by Gasteiger charge is 2.51. The Morgan fingerprint density at radius 2 is 1.47 bits per heavy atom. The molecule has 0 saturated carbocycles. The Morgan fingerprint density at radius 3 is 2.11 bits per heavy atom. The SMILES string of the molecule is CCCCC[N+]1=C(C=CC2=CC(=CC=C3N(CCCCS(=O)(=O)O)c4ccc(C)cc4C3(C)C)CC(C(=O)OCC)(C(=O)OCC)C2)C(C)(C)c2cc(C)ccc21. The number of anilines is 1. The van der Waals surface area contributed by atoms with Gasteiger partial charge in [-0.25, -0.2) is 0 Å². The maximum atomic E-state index is 14.0. The van der Waals surface area contributed by atoms with Gasteiger partial charge in [-0.15, -0.1) is 0 Å². The van der Waals surface area contributed by atoms with Gasteiger partial charge in [0.05, 0.1) is 24.4 Å². The Bertz CT molecular complexity index is 2120. The van der Waals surface area contributed by atoms with Gasteiger partial charge in [-0.3, -0.25) is 14.1 Å². The van der Waals surface area contributed by atoms with E-state index in [1.54, 1.807) is 13.8 Å². The molecule has 10 heteroatoms. The lowest BCUT2D eigenvalue weighted by Gasteiger charge is -2.33. The molecule has 0 saturated heterocycles. The molecule has 0 radical (unpaired) electrons. The fourth-order valence-electron chi connectivity index (χ4n) is 8.73. The van der Waals surface area contributed by atoms with Crippen molar-refractivity contribution in [3.8, 4) is 0 Å². The maximum absolute atomic E-state index is 14.0. The van der Waals surface area contributed by atoms with Crippen LogP contribution in [0.25, 0.3) is 0 Å². The number of carbonyl (C=O) groups excluding carboxylic acids is 2. The summed E-state index contributed by atoms with van der Waals surface area (Å²) in [6, 6.07) is 13.0. The van der Waals surface area contributed by atoms with E-state index in [1.165, 1.54) is 22.5 Å². The van der Waals surface area contributed by atoms with Crippen molar-refractivity contribution < 1.29 is 36.6 Å². The fraction of sp³-hybridized carbons (Fsp3) is 0.511. The van der Waals surface area contributed by atoms with Crippen LogP contribution in [0.15, 0.2) is 83.6 Å². The highest BCUT2D eigenvalue weighted by atomic mass is 32.2. The Morgan fingerprint density at radius 1 is 0.825 bits per heavy atom. The van der Waals surface area contributed by atoms with Crippen molar-refractivity contribution in [1.82, 2.24) is 0 Å². The summed E-state index contributed by atoms with van der Waals surface area (Å²) in [7, 11) is -4.06. The van der Waals surface area contributed by atoms with Gasteiger partial charge in [0, 0.05) is 47.5 Å². The summed E-state index contributed by atoms with van der Waals surface area (Å²) in [4.78, 5) is 30.2. The summed E-state index contributed by atoms with van der Waals surface area (Å²) in [5.74, 6) is -1.48. The lowest BCUT2D eigenvalue weighted by molar-refractivity contribution is -0.438. The molecule has 2 heterocycles. The minimum atomic E-state index is -4.06. The second kappa shape index (κ2) is 17.7. The third kappa shape index (κ3) is 9.38. The van der Waals surface area contributed by atoms with E-state index in [4.69, 9.17) is 9.47 Å². The second-order valence-electron chi connectivity index (χ2n) is 16.9. The summed E-state index contributed by atoms with van der Waals surface area (Å²) < 4.78 is 46.0. The summed E-state index contributed by atoms with van der Waals surface area (Å²) in [6.45, 7) is 20.5. The molecule has 0 fully saturated rings. The molecule has 0 unspecified atom stereocenters. The molecule has 1 N–H and O–H groups in total. The van der Waals surface area contributed by atoms with E-state index in [1.807, 2.05) is 6.08 Å². The molecule has 57 heavy (non-hydrogen) atoms. The van der Waals surface area contributed by atoms with Crippen molar-refractivity contribution in [3.63, 3.8) is 0 Å². The Kier molecular flexibility index (Phi) is 13.6. The van der Waals surface area contributed by atoms with Gasteiger partial charge in [0.25, 0.3) is 10.1 Å². The van der Waals surface area contributed by atoms with Crippen LogP contribution in [0.1, 0.15) is 116 Å².